The predicted octanol–water partition coefficient (Wildman–Crippen LogP) is 1.12. The van der Waals surface area contributed by atoms with Crippen molar-refractivity contribution in [1.29, 1.82) is 0 Å². The van der Waals surface area contributed by atoms with E-state index in [1.807, 2.05) is 30.0 Å². The van der Waals surface area contributed by atoms with E-state index >= 15 is 0 Å². The summed E-state index contributed by atoms with van der Waals surface area (Å²) in [6.45, 7) is 3.36. The molecule has 0 spiro atoms. The van der Waals surface area contributed by atoms with Crippen molar-refractivity contribution in [2.45, 2.75) is 25.9 Å². The van der Waals surface area contributed by atoms with Crippen LogP contribution < -0.4 is 11.3 Å². The van der Waals surface area contributed by atoms with Crippen LogP contribution in [-0.2, 0) is 0 Å². The number of aryl methyl sites for hydroxylation is 1. The third-order valence-electron chi connectivity index (χ3n) is 4.67. The molecule has 0 bridgehead atoms. The molecular weight excluding hydrogens is 254 g/mol. The van der Waals surface area contributed by atoms with E-state index < -0.39 is 0 Å². The van der Waals surface area contributed by atoms with Crippen molar-refractivity contribution in [3.63, 3.8) is 0 Å². The molecule has 0 radical (unpaired) electrons. The molecule has 3 atom stereocenters. The lowest BCUT2D eigenvalue weighted by molar-refractivity contribution is 0.0753. The smallest absolute Gasteiger partial charge is 0.256 e. The van der Waals surface area contributed by atoms with Crippen LogP contribution in [-0.4, -0.2) is 35.1 Å². The van der Waals surface area contributed by atoms with E-state index in [2.05, 4.69) is 5.43 Å². The number of carbonyl (C=O) groups is 1. The third-order valence-corrected chi connectivity index (χ3v) is 4.67. The van der Waals surface area contributed by atoms with Gasteiger partial charge in [0.2, 0.25) is 0 Å². The van der Waals surface area contributed by atoms with Gasteiger partial charge in [-0.2, -0.15) is 0 Å². The first kappa shape index (κ1) is 13.4. The topological polar surface area (TPSA) is 78.6 Å². The summed E-state index contributed by atoms with van der Waals surface area (Å²) in [5, 5.41) is 9.94. The second-order valence-electron chi connectivity index (χ2n) is 5.97. The first-order chi connectivity index (χ1) is 9.60. The molecule has 1 aliphatic carbocycles. The first-order valence-electron chi connectivity index (χ1n) is 7.14. The van der Waals surface area contributed by atoms with E-state index in [4.69, 9.17) is 5.84 Å². The Hall–Kier alpha value is -1.59. The molecule has 4 N–H and O–H groups in total. The van der Waals surface area contributed by atoms with Gasteiger partial charge in [0.25, 0.3) is 5.91 Å². The number of anilines is 1. The summed E-state index contributed by atoms with van der Waals surface area (Å²) in [6.07, 6.45) is 1.64. The fraction of sp³-hybridized carbons (Fsp3) is 0.533. The van der Waals surface area contributed by atoms with Gasteiger partial charge in [-0.3, -0.25) is 10.6 Å². The van der Waals surface area contributed by atoms with Gasteiger partial charge >= 0.3 is 0 Å². The summed E-state index contributed by atoms with van der Waals surface area (Å²) < 4.78 is 0. The summed E-state index contributed by atoms with van der Waals surface area (Å²) in [5.41, 5.74) is 4.89. The van der Waals surface area contributed by atoms with Crippen LogP contribution in [0.15, 0.2) is 18.2 Å². The Morgan fingerprint density at radius 3 is 2.90 bits per heavy atom. The molecule has 1 amide bonds. The molecule has 3 rings (SSSR count). The minimum atomic E-state index is -0.248. The highest BCUT2D eigenvalue weighted by Crippen LogP contribution is 2.38. The molecule has 5 heteroatoms. The molecule has 1 saturated carbocycles. The Balaban J connectivity index is 1.82. The SMILES string of the molecule is Cc1ccc(NN)c(C(=O)N2CC3CCC(O)C3C2)c1. The summed E-state index contributed by atoms with van der Waals surface area (Å²) in [7, 11) is 0. The van der Waals surface area contributed by atoms with E-state index in [0.717, 1.165) is 24.9 Å². The van der Waals surface area contributed by atoms with Crippen LogP contribution in [0.25, 0.3) is 0 Å². The van der Waals surface area contributed by atoms with Crippen molar-refractivity contribution in [1.82, 2.24) is 4.90 Å². The van der Waals surface area contributed by atoms with Gasteiger partial charge in [-0.05, 0) is 37.8 Å². The molecule has 5 nitrogen and oxygen atoms in total. The number of likely N-dealkylation sites (tertiary alicyclic amines) is 1. The maximum atomic E-state index is 12.7. The van der Waals surface area contributed by atoms with Gasteiger partial charge in [-0.1, -0.05) is 11.6 Å². The number of amides is 1. The van der Waals surface area contributed by atoms with E-state index in [9.17, 15) is 9.90 Å². The van der Waals surface area contributed by atoms with Gasteiger partial charge in [0, 0.05) is 19.0 Å². The fourth-order valence-electron chi connectivity index (χ4n) is 3.53. The molecule has 0 aromatic heterocycles. The number of benzene rings is 1. The zero-order valence-electron chi connectivity index (χ0n) is 11.7. The third kappa shape index (κ3) is 2.17. The van der Waals surface area contributed by atoms with Crippen LogP contribution in [0.3, 0.4) is 0 Å². The second kappa shape index (κ2) is 5.07. The van der Waals surface area contributed by atoms with Crippen molar-refractivity contribution in [2.24, 2.45) is 17.7 Å². The lowest BCUT2D eigenvalue weighted by Gasteiger charge is -2.20. The number of fused-ring (bicyclic) bond motifs is 1. The highest BCUT2D eigenvalue weighted by Gasteiger charge is 2.43. The van der Waals surface area contributed by atoms with Gasteiger partial charge in [0.05, 0.1) is 17.4 Å². The van der Waals surface area contributed by atoms with Gasteiger partial charge in [0.15, 0.2) is 0 Å². The standard InChI is InChI=1S/C15H21N3O2/c1-9-2-4-13(17-16)11(6-9)15(20)18-7-10-3-5-14(19)12(10)8-18/h2,4,6,10,12,14,17,19H,3,5,7-8,16H2,1H3. The molecule has 1 aliphatic heterocycles. The van der Waals surface area contributed by atoms with Crippen LogP contribution in [0.2, 0.25) is 0 Å². The number of aliphatic hydroxyl groups excluding tert-OH is 1. The highest BCUT2D eigenvalue weighted by atomic mass is 16.3. The molecule has 108 valence electrons. The molecular formula is C15H21N3O2. The predicted molar refractivity (Wildman–Crippen MR) is 77.1 cm³/mol. The van der Waals surface area contributed by atoms with Crippen LogP contribution in [0.5, 0.6) is 0 Å². The van der Waals surface area contributed by atoms with E-state index in [1.165, 1.54) is 0 Å². The van der Waals surface area contributed by atoms with Gasteiger partial charge < -0.3 is 15.4 Å². The minimum Gasteiger partial charge on any atom is -0.393 e. The van der Waals surface area contributed by atoms with Crippen molar-refractivity contribution >= 4 is 11.6 Å². The van der Waals surface area contributed by atoms with E-state index in [-0.39, 0.29) is 17.9 Å². The number of aliphatic hydroxyl groups is 1. The highest BCUT2D eigenvalue weighted by molar-refractivity contribution is 6.00. The summed E-state index contributed by atoms with van der Waals surface area (Å²) in [4.78, 5) is 14.5. The number of hydrogen-bond acceptors (Lipinski definition) is 4. The molecule has 2 aliphatic rings. The zero-order valence-corrected chi connectivity index (χ0v) is 11.7. The Morgan fingerprint density at radius 1 is 1.40 bits per heavy atom. The normalized spacial score (nSPS) is 28.6. The number of nitrogen functional groups attached to an aromatic ring is 1. The van der Waals surface area contributed by atoms with Gasteiger partial charge in [-0.25, -0.2) is 0 Å². The monoisotopic (exact) mass is 275 g/mol. The summed E-state index contributed by atoms with van der Waals surface area (Å²) in [6, 6.07) is 5.62. The number of hydrazine groups is 1. The maximum Gasteiger partial charge on any atom is 0.256 e. The fourth-order valence-corrected chi connectivity index (χ4v) is 3.53. The van der Waals surface area contributed by atoms with Crippen LogP contribution >= 0.6 is 0 Å². The van der Waals surface area contributed by atoms with E-state index in [0.29, 0.717) is 23.7 Å². The summed E-state index contributed by atoms with van der Waals surface area (Å²) >= 11 is 0. The first-order valence-corrected chi connectivity index (χ1v) is 7.14. The average Bonchev–Trinajstić information content (AvgIpc) is 3.00. The average molecular weight is 275 g/mol. The molecule has 1 saturated heterocycles. The molecule has 1 heterocycles. The Labute approximate surface area is 118 Å². The van der Waals surface area contributed by atoms with Gasteiger partial charge in [-0.15, -0.1) is 0 Å². The van der Waals surface area contributed by atoms with Crippen molar-refractivity contribution in [2.75, 3.05) is 18.5 Å². The molecule has 1 aromatic carbocycles. The summed E-state index contributed by atoms with van der Waals surface area (Å²) in [5.74, 6) is 6.19. The van der Waals surface area contributed by atoms with Crippen molar-refractivity contribution in [3.8, 4) is 0 Å². The number of nitrogens with one attached hydrogen (secondary N) is 1. The zero-order chi connectivity index (χ0) is 14.3. The van der Waals surface area contributed by atoms with Gasteiger partial charge in [0.1, 0.15) is 0 Å². The number of nitrogens with zero attached hydrogens (tertiary/aromatic N) is 1. The largest absolute Gasteiger partial charge is 0.393 e. The number of nitrogens with two attached hydrogens (primary N) is 1. The lowest BCUT2D eigenvalue weighted by atomic mass is 10.00. The molecule has 20 heavy (non-hydrogen) atoms. The van der Waals surface area contributed by atoms with Crippen molar-refractivity contribution in [3.05, 3.63) is 29.3 Å². The van der Waals surface area contributed by atoms with Crippen LogP contribution in [0, 0.1) is 18.8 Å². The lowest BCUT2D eigenvalue weighted by Crippen LogP contribution is -2.32. The Morgan fingerprint density at radius 2 is 2.20 bits per heavy atom. The Kier molecular flexibility index (Phi) is 3.40. The van der Waals surface area contributed by atoms with Crippen LogP contribution in [0.1, 0.15) is 28.8 Å². The van der Waals surface area contributed by atoms with Crippen molar-refractivity contribution < 1.29 is 9.90 Å². The van der Waals surface area contributed by atoms with E-state index in [1.54, 1.807) is 0 Å². The minimum absolute atomic E-state index is 0.00301. The van der Waals surface area contributed by atoms with Crippen LogP contribution in [0.4, 0.5) is 5.69 Å². The Bertz CT molecular complexity index is 532. The maximum absolute atomic E-state index is 12.7. The molecule has 1 aromatic rings. The number of carbonyl (C=O) groups excluding carboxylic acids is 1. The number of hydrogen-bond donors (Lipinski definition) is 3. The molecule has 2 fully saturated rings. The quantitative estimate of drug-likeness (QED) is 0.558. The molecule has 3 unspecified atom stereocenters. The number of rotatable bonds is 2. The second-order valence-corrected chi connectivity index (χ2v) is 5.97.